The van der Waals surface area contributed by atoms with Crippen LogP contribution in [0.5, 0.6) is 0 Å². The van der Waals surface area contributed by atoms with E-state index in [0.29, 0.717) is 58.7 Å². The van der Waals surface area contributed by atoms with Gasteiger partial charge < -0.3 is 19.5 Å². The number of nitrogens with one attached hydrogen (secondary N) is 1. The third-order valence-corrected chi connectivity index (χ3v) is 6.60. The molecule has 164 valence electrons. The zero-order valence-electron chi connectivity index (χ0n) is 17.4. The van der Waals surface area contributed by atoms with E-state index in [9.17, 15) is 14.9 Å². The molecule has 0 saturated heterocycles. The van der Waals surface area contributed by atoms with Crippen LogP contribution >= 0.6 is 22.9 Å². The maximum absolute atomic E-state index is 13.2. The molecule has 8 nitrogen and oxygen atoms in total. The number of nitrogens with zero attached hydrogens (tertiary/aromatic N) is 3. The van der Waals surface area contributed by atoms with Crippen LogP contribution in [0.1, 0.15) is 39.0 Å². The molecule has 32 heavy (non-hydrogen) atoms. The number of carbonyl (C=O) groups is 2. The fourth-order valence-electron chi connectivity index (χ4n) is 3.62. The van der Waals surface area contributed by atoms with E-state index in [1.807, 2.05) is 0 Å². The highest BCUT2D eigenvalue weighted by Crippen LogP contribution is 2.38. The van der Waals surface area contributed by atoms with Crippen molar-refractivity contribution in [1.82, 2.24) is 10.1 Å². The molecule has 0 fully saturated rings. The number of halogens is 1. The zero-order chi connectivity index (χ0) is 22.8. The summed E-state index contributed by atoms with van der Waals surface area (Å²) in [5.74, 6) is -0.109. The maximum Gasteiger partial charge on any atom is 0.410 e. The molecule has 0 saturated carbocycles. The number of thiophene rings is 1. The number of benzene rings is 1. The molecule has 1 aromatic carbocycles. The summed E-state index contributed by atoms with van der Waals surface area (Å²) in [6, 6.07) is 9.24. The number of hydrogen-bond donors (Lipinski definition) is 1. The van der Waals surface area contributed by atoms with Gasteiger partial charge in [0.2, 0.25) is 0 Å². The molecular weight excluding hydrogens is 452 g/mol. The van der Waals surface area contributed by atoms with Crippen LogP contribution in [0.4, 0.5) is 9.80 Å². The molecule has 1 N–H and O–H groups in total. The number of amides is 2. The quantitative estimate of drug-likeness (QED) is 0.574. The monoisotopic (exact) mass is 470 g/mol. The Balaban J connectivity index is 1.64. The van der Waals surface area contributed by atoms with Crippen LogP contribution in [-0.4, -0.2) is 35.2 Å². The maximum atomic E-state index is 13.2. The Kier molecular flexibility index (Phi) is 6.17. The fourth-order valence-corrected chi connectivity index (χ4v) is 5.06. The third kappa shape index (κ3) is 3.95. The van der Waals surface area contributed by atoms with Crippen molar-refractivity contribution in [1.29, 1.82) is 5.26 Å². The van der Waals surface area contributed by atoms with Crippen molar-refractivity contribution >= 4 is 39.9 Å². The van der Waals surface area contributed by atoms with Gasteiger partial charge in [-0.3, -0.25) is 4.79 Å². The first kappa shape index (κ1) is 21.9. The van der Waals surface area contributed by atoms with Crippen molar-refractivity contribution in [2.45, 2.75) is 26.8 Å². The normalized spacial score (nSPS) is 12.8. The van der Waals surface area contributed by atoms with Crippen molar-refractivity contribution in [3.8, 4) is 17.3 Å². The van der Waals surface area contributed by atoms with E-state index in [2.05, 4.69) is 16.5 Å². The average molecular weight is 471 g/mol. The molecule has 0 atom stereocenters. The topological polar surface area (TPSA) is 108 Å². The molecule has 2 aromatic heterocycles. The summed E-state index contributed by atoms with van der Waals surface area (Å²) in [6.45, 7) is 4.48. The van der Waals surface area contributed by atoms with Crippen molar-refractivity contribution in [3.05, 3.63) is 56.6 Å². The smallest absolute Gasteiger partial charge is 0.410 e. The summed E-state index contributed by atoms with van der Waals surface area (Å²) in [7, 11) is 0. The highest BCUT2D eigenvalue weighted by molar-refractivity contribution is 7.16. The number of fused-ring (bicyclic) bond motifs is 1. The number of carbonyl (C=O) groups excluding carboxylic acids is 2. The van der Waals surface area contributed by atoms with Crippen LogP contribution in [0.3, 0.4) is 0 Å². The van der Waals surface area contributed by atoms with Crippen LogP contribution in [0, 0.1) is 18.3 Å². The Morgan fingerprint density at radius 1 is 1.41 bits per heavy atom. The van der Waals surface area contributed by atoms with Crippen molar-refractivity contribution in [2.75, 3.05) is 18.5 Å². The van der Waals surface area contributed by atoms with E-state index in [1.54, 1.807) is 43.0 Å². The first-order chi connectivity index (χ1) is 15.4. The van der Waals surface area contributed by atoms with Gasteiger partial charge in [-0.25, -0.2) is 4.79 Å². The molecule has 2 amide bonds. The lowest BCUT2D eigenvalue weighted by Crippen LogP contribution is -2.35. The molecule has 0 bridgehead atoms. The van der Waals surface area contributed by atoms with Crippen molar-refractivity contribution < 1.29 is 18.8 Å². The van der Waals surface area contributed by atoms with Gasteiger partial charge in [-0.05, 0) is 31.9 Å². The van der Waals surface area contributed by atoms with Gasteiger partial charge in [-0.1, -0.05) is 35.0 Å². The summed E-state index contributed by atoms with van der Waals surface area (Å²) in [5, 5.41) is 17.5. The molecule has 0 unspecified atom stereocenters. The zero-order valence-corrected chi connectivity index (χ0v) is 19.0. The second-order valence-electron chi connectivity index (χ2n) is 7.09. The van der Waals surface area contributed by atoms with Crippen molar-refractivity contribution in [2.24, 2.45) is 0 Å². The van der Waals surface area contributed by atoms with Gasteiger partial charge in [-0.2, -0.15) is 5.26 Å². The lowest BCUT2D eigenvalue weighted by atomic mass is 10.0. The standard InChI is InChI=1S/C22H19ClN4O4S/c1-3-30-22(29)27-9-8-13-15(10-24)21(32-17(13)11-27)25-20(28)18-12(2)31-26-19(18)14-6-4-5-7-16(14)23/h4-7H,3,8-9,11H2,1-2H3,(H,25,28). The highest BCUT2D eigenvalue weighted by atomic mass is 35.5. The van der Waals surface area contributed by atoms with Gasteiger partial charge in [0.05, 0.1) is 23.7 Å². The second kappa shape index (κ2) is 9.02. The average Bonchev–Trinajstić information content (AvgIpc) is 3.33. The van der Waals surface area contributed by atoms with Crippen LogP contribution in [0.25, 0.3) is 11.3 Å². The number of anilines is 1. The Labute approximate surface area is 193 Å². The minimum Gasteiger partial charge on any atom is -0.450 e. The van der Waals surface area contributed by atoms with E-state index in [-0.39, 0.29) is 11.7 Å². The molecule has 1 aliphatic heterocycles. The molecular formula is C22H19ClN4O4S. The largest absolute Gasteiger partial charge is 0.450 e. The number of aromatic nitrogens is 1. The fraction of sp³-hybridized carbons (Fsp3) is 0.273. The molecule has 0 spiro atoms. The van der Waals surface area contributed by atoms with Crippen LogP contribution in [0.15, 0.2) is 28.8 Å². The van der Waals surface area contributed by atoms with Gasteiger partial charge in [0.25, 0.3) is 5.91 Å². The molecule has 0 radical (unpaired) electrons. The van der Waals surface area contributed by atoms with Gasteiger partial charge in [0.1, 0.15) is 28.1 Å². The third-order valence-electron chi connectivity index (χ3n) is 5.14. The summed E-state index contributed by atoms with van der Waals surface area (Å²) in [5.41, 5.74) is 2.42. The number of rotatable bonds is 4. The van der Waals surface area contributed by atoms with Crippen LogP contribution in [0.2, 0.25) is 5.02 Å². The molecule has 0 aliphatic carbocycles. The number of nitriles is 1. The van der Waals surface area contributed by atoms with Gasteiger partial charge in [0, 0.05) is 17.0 Å². The predicted molar refractivity (Wildman–Crippen MR) is 120 cm³/mol. The van der Waals surface area contributed by atoms with Crippen LogP contribution in [-0.2, 0) is 17.7 Å². The van der Waals surface area contributed by atoms with E-state index < -0.39 is 5.91 Å². The molecule has 3 heterocycles. The Morgan fingerprint density at radius 2 is 2.19 bits per heavy atom. The lowest BCUT2D eigenvalue weighted by Gasteiger charge is -2.25. The first-order valence-corrected chi connectivity index (χ1v) is 11.1. The van der Waals surface area contributed by atoms with Gasteiger partial charge in [-0.15, -0.1) is 11.3 Å². The summed E-state index contributed by atoms with van der Waals surface area (Å²) in [6.07, 6.45) is 0.126. The van der Waals surface area contributed by atoms with E-state index >= 15 is 0 Å². The van der Waals surface area contributed by atoms with Gasteiger partial charge >= 0.3 is 6.09 Å². The molecule has 1 aliphatic rings. The van der Waals surface area contributed by atoms with E-state index in [1.165, 1.54) is 11.3 Å². The molecule has 3 aromatic rings. The highest BCUT2D eigenvalue weighted by Gasteiger charge is 2.30. The van der Waals surface area contributed by atoms with Crippen LogP contribution < -0.4 is 5.32 Å². The number of aryl methyl sites for hydroxylation is 1. The summed E-state index contributed by atoms with van der Waals surface area (Å²) >= 11 is 7.57. The lowest BCUT2D eigenvalue weighted by molar-refractivity contribution is 0.102. The number of hydrogen-bond acceptors (Lipinski definition) is 7. The molecule has 4 rings (SSSR count). The predicted octanol–water partition coefficient (Wildman–Crippen LogP) is 5.00. The summed E-state index contributed by atoms with van der Waals surface area (Å²) in [4.78, 5) is 27.7. The SMILES string of the molecule is CCOC(=O)N1CCc2c(sc(NC(=O)c3c(-c4ccccc4Cl)noc3C)c2C#N)C1. The van der Waals surface area contributed by atoms with E-state index in [0.717, 1.165) is 10.4 Å². The minimum absolute atomic E-state index is 0.251. The van der Waals surface area contributed by atoms with E-state index in [4.69, 9.17) is 20.9 Å². The van der Waals surface area contributed by atoms with Crippen molar-refractivity contribution in [3.63, 3.8) is 0 Å². The molecule has 10 heteroatoms. The van der Waals surface area contributed by atoms with Gasteiger partial charge in [0.15, 0.2) is 0 Å². The summed E-state index contributed by atoms with van der Waals surface area (Å²) < 4.78 is 10.4. The second-order valence-corrected chi connectivity index (χ2v) is 8.60. The number of ether oxygens (including phenoxy) is 1. The first-order valence-electron chi connectivity index (χ1n) is 9.93. The Bertz CT molecular complexity index is 1240. The minimum atomic E-state index is -0.448. The Morgan fingerprint density at radius 3 is 2.91 bits per heavy atom. The Hall–Kier alpha value is -3.35.